The van der Waals surface area contributed by atoms with Crippen LogP contribution in [0.15, 0.2) is 85.1 Å². The molecule has 1 aromatic heterocycles. The molecule has 0 aliphatic rings. The van der Waals surface area contributed by atoms with Crippen LogP contribution in [0.1, 0.15) is 12.0 Å². The van der Waals surface area contributed by atoms with Gasteiger partial charge in [-0.2, -0.15) is 5.10 Å². The molecule has 4 aromatic rings. The Labute approximate surface area is 195 Å². The lowest BCUT2D eigenvalue weighted by Gasteiger charge is -2.10. The number of nitrogens with two attached hydrogens (primary N) is 1. The maximum absolute atomic E-state index is 12.4. The van der Waals surface area contributed by atoms with E-state index in [4.69, 9.17) is 10.8 Å². The molecule has 0 spiro atoms. The SMILES string of the molecule is NC(=O)C[C@H](NC(=O)C=Cc1cn(-c2ccccc2)nc1-c1ccc2ccccc2c1)C(=O)O. The minimum Gasteiger partial charge on any atom is -0.480 e. The van der Waals surface area contributed by atoms with Crippen LogP contribution in [0, 0.1) is 0 Å². The van der Waals surface area contributed by atoms with Crippen molar-refractivity contribution >= 4 is 34.6 Å². The molecule has 2 amide bonds. The van der Waals surface area contributed by atoms with Gasteiger partial charge in [0.25, 0.3) is 0 Å². The summed E-state index contributed by atoms with van der Waals surface area (Å²) in [6.45, 7) is 0. The van der Waals surface area contributed by atoms with E-state index in [1.165, 1.54) is 6.08 Å². The first-order valence-corrected chi connectivity index (χ1v) is 10.5. The summed E-state index contributed by atoms with van der Waals surface area (Å²) < 4.78 is 1.72. The highest BCUT2D eigenvalue weighted by Gasteiger charge is 2.21. The molecular weight excluding hydrogens is 432 g/mol. The van der Waals surface area contributed by atoms with Crippen LogP contribution in [-0.4, -0.2) is 38.7 Å². The average molecular weight is 454 g/mol. The van der Waals surface area contributed by atoms with Crippen molar-refractivity contribution in [2.24, 2.45) is 5.73 Å². The number of para-hydroxylation sites is 1. The van der Waals surface area contributed by atoms with Crippen molar-refractivity contribution in [2.75, 3.05) is 0 Å². The van der Waals surface area contributed by atoms with Gasteiger partial charge < -0.3 is 16.2 Å². The fourth-order valence-corrected chi connectivity index (χ4v) is 3.57. The molecule has 0 radical (unpaired) electrons. The number of nitrogens with one attached hydrogen (secondary N) is 1. The largest absolute Gasteiger partial charge is 0.480 e. The number of carbonyl (C=O) groups excluding carboxylic acids is 2. The summed E-state index contributed by atoms with van der Waals surface area (Å²) in [5.41, 5.74) is 8.11. The number of fused-ring (bicyclic) bond motifs is 1. The van der Waals surface area contributed by atoms with Crippen molar-refractivity contribution in [3.05, 3.63) is 90.6 Å². The fourth-order valence-electron chi connectivity index (χ4n) is 3.57. The van der Waals surface area contributed by atoms with E-state index in [0.29, 0.717) is 11.3 Å². The molecular formula is C26H22N4O4. The number of carboxylic acids is 1. The molecule has 4 N–H and O–H groups in total. The fraction of sp³-hybridized carbons (Fsp3) is 0.0769. The molecule has 4 rings (SSSR count). The third-order valence-corrected chi connectivity index (χ3v) is 5.22. The molecule has 34 heavy (non-hydrogen) atoms. The molecule has 170 valence electrons. The molecule has 1 atom stereocenters. The Morgan fingerprint density at radius 2 is 1.71 bits per heavy atom. The van der Waals surface area contributed by atoms with Crippen molar-refractivity contribution in [1.29, 1.82) is 0 Å². The highest BCUT2D eigenvalue weighted by Crippen LogP contribution is 2.28. The number of aliphatic carboxylic acids is 1. The van der Waals surface area contributed by atoms with Gasteiger partial charge in [0.05, 0.1) is 17.8 Å². The molecule has 0 aliphatic carbocycles. The zero-order valence-corrected chi connectivity index (χ0v) is 18.1. The number of primary amides is 1. The van der Waals surface area contributed by atoms with Gasteiger partial charge in [-0.3, -0.25) is 9.59 Å². The van der Waals surface area contributed by atoms with Crippen LogP contribution >= 0.6 is 0 Å². The van der Waals surface area contributed by atoms with E-state index in [0.717, 1.165) is 22.0 Å². The number of aromatic nitrogens is 2. The highest BCUT2D eigenvalue weighted by atomic mass is 16.4. The maximum Gasteiger partial charge on any atom is 0.326 e. The van der Waals surface area contributed by atoms with E-state index in [2.05, 4.69) is 5.32 Å². The first-order valence-electron chi connectivity index (χ1n) is 10.5. The molecule has 3 aromatic carbocycles. The van der Waals surface area contributed by atoms with E-state index in [1.54, 1.807) is 17.0 Å². The van der Waals surface area contributed by atoms with Crippen LogP contribution in [0.25, 0.3) is 33.8 Å². The third kappa shape index (κ3) is 5.18. The number of rotatable bonds is 8. The summed E-state index contributed by atoms with van der Waals surface area (Å²) >= 11 is 0. The van der Waals surface area contributed by atoms with Crippen molar-refractivity contribution < 1.29 is 19.5 Å². The zero-order chi connectivity index (χ0) is 24.1. The van der Waals surface area contributed by atoms with Crippen LogP contribution in [0.2, 0.25) is 0 Å². The van der Waals surface area contributed by atoms with Crippen molar-refractivity contribution in [3.8, 4) is 16.9 Å². The van der Waals surface area contributed by atoms with Gasteiger partial charge in [0.15, 0.2) is 0 Å². The number of amides is 2. The predicted molar refractivity (Wildman–Crippen MR) is 129 cm³/mol. The third-order valence-electron chi connectivity index (χ3n) is 5.22. The van der Waals surface area contributed by atoms with Crippen LogP contribution in [0.3, 0.4) is 0 Å². The van der Waals surface area contributed by atoms with E-state index >= 15 is 0 Å². The molecule has 1 heterocycles. The molecule has 0 aliphatic heterocycles. The maximum atomic E-state index is 12.4. The number of benzene rings is 3. The molecule has 0 saturated carbocycles. The molecule has 8 nitrogen and oxygen atoms in total. The lowest BCUT2D eigenvalue weighted by molar-refractivity contribution is -0.142. The second-order valence-electron chi connectivity index (χ2n) is 7.68. The predicted octanol–water partition coefficient (Wildman–Crippen LogP) is 3.15. The zero-order valence-electron chi connectivity index (χ0n) is 18.1. The van der Waals surface area contributed by atoms with Gasteiger partial charge >= 0.3 is 5.97 Å². The molecule has 0 fully saturated rings. The summed E-state index contributed by atoms with van der Waals surface area (Å²) in [5.74, 6) is -2.82. The van der Waals surface area contributed by atoms with E-state index in [1.807, 2.05) is 72.8 Å². The Morgan fingerprint density at radius 3 is 2.41 bits per heavy atom. The second-order valence-corrected chi connectivity index (χ2v) is 7.68. The molecule has 0 saturated heterocycles. The Balaban J connectivity index is 1.69. The molecule has 0 unspecified atom stereocenters. The summed E-state index contributed by atoms with van der Waals surface area (Å²) in [4.78, 5) is 34.7. The van der Waals surface area contributed by atoms with Crippen molar-refractivity contribution in [2.45, 2.75) is 12.5 Å². The van der Waals surface area contributed by atoms with Gasteiger partial charge in [-0.15, -0.1) is 0 Å². The van der Waals surface area contributed by atoms with Gasteiger partial charge in [-0.25, -0.2) is 9.48 Å². The number of carbonyl (C=O) groups is 3. The standard InChI is InChI=1S/C26H22N4O4/c27-23(31)15-22(26(33)34)28-24(32)13-12-20-16-30(21-8-2-1-3-9-21)29-25(20)19-11-10-17-6-4-5-7-18(17)14-19/h1-14,16,22H,15H2,(H2,27,31)(H,28,32)(H,33,34)/t22-/m0/s1. The molecule has 0 bridgehead atoms. The Morgan fingerprint density at radius 1 is 1.00 bits per heavy atom. The first-order chi connectivity index (χ1) is 16.4. The Hall–Kier alpha value is -4.72. The topological polar surface area (TPSA) is 127 Å². The van der Waals surface area contributed by atoms with E-state index in [-0.39, 0.29) is 0 Å². The Kier molecular flexibility index (Phi) is 6.49. The minimum absolute atomic E-state index is 0.497. The van der Waals surface area contributed by atoms with Crippen LogP contribution in [0.4, 0.5) is 0 Å². The Bertz CT molecular complexity index is 1390. The van der Waals surface area contributed by atoms with Crippen molar-refractivity contribution in [3.63, 3.8) is 0 Å². The number of hydrogen-bond donors (Lipinski definition) is 3. The average Bonchev–Trinajstić information content (AvgIpc) is 3.26. The number of nitrogens with zero attached hydrogens (tertiary/aromatic N) is 2. The van der Waals surface area contributed by atoms with Gasteiger partial charge in [0.2, 0.25) is 11.8 Å². The summed E-state index contributed by atoms with van der Waals surface area (Å²) in [6.07, 6.45) is 4.08. The normalized spacial score (nSPS) is 12.0. The van der Waals surface area contributed by atoms with Crippen molar-refractivity contribution in [1.82, 2.24) is 15.1 Å². The van der Waals surface area contributed by atoms with Gasteiger partial charge in [-0.05, 0) is 35.0 Å². The second kappa shape index (κ2) is 9.83. The van der Waals surface area contributed by atoms with Crippen LogP contribution < -0.4 is 11.1 Å². The lowest BCUT2D eigenvalue weighted by Crippen LogP contribution is -2.42. The highest BCUT2D eigenvalue weighted by molar-refractivity contribution is 5.96. The summed E-state index contributed by atoms with van der Waals surface area (Å²) in [7, 11) is 0. The van der Waals surface area contributed by atoms with Crippen LogP contribution in [0.5, 0.6) is 0 Å². The first kappa shape index (κ1) is 22.5. The van der Waals surface area contributed by atoms with Gasteiger partial charge in [0, 0.05) is 23.4 Å². The number of carboxylic acid groups (broad SMARTS) is 1. The minimum atomic E-state index is -1.40. The van der Waals surface area contributed by atoms with Crippen LogP contribution in [-0.2, 0) is 14.4 Å². The monoisotopic (exact) mass is 454 g/mol. The molecule has 8 heteroatoms. The summed E-state index contributed by atoms with van der Waals surface area (Å²) in [5, 5.41) is 18.4. The van der Waals surface area contributed by atoms with E-state index in [9.17, 15) is 19.5 Å². The van der Waals surface area contributed by atoms with Gasteiger partial charge in [0.1, 0.15) is 6.04 Å². The smallest absolute Gasteiger partial charge is 0.326 e. The van der Waals surface area contributed by atoms with E-state index < -0.39 is 30.2 Å². The lowest BCUT2D eigenvalue weighted by atomic mass is 10.0. The van der Waals surface area contributed by atoms with Gasteiger partial charge in [-0.1, -0.05) is 54.6 Å². The number of hydrogen-bond acceptors (Lipinski definition) is 4. The quantitative estimate of drug-likeness (QED) is 0.353. The summed E-state index contributed by atoms with van der Waals surface area (Å²) in [6, 6.07) is 22.1.